The standard InChI is InChI=1S/C26H24Si/c1-5-19-15-17-21-11-7-9-13-23(21)25(19)27(3,4)26-20(6-2)16-18-22-12-8-10-14-24(22)26/h5-18H,1-2H2,3-4H3. The molecule has 0 amide bonds. The lowest BCUT2D eigenvalue weighted by Gasteiger charge is -2.30. The second-order valence-corrected chi connectivity index (χ2v) is 11.8. The highest BCUT2D eigenvalue weighted by atomic mass is 28.3. The molecule has 0 bridgehead atoms. The van der Waals surface area contributed by atoms with Gasteiger partial charge in [0, 0.05) is 0 Å². The molecule has 4 aromatic carbocycles. The van der Waals surface area contributed by atoms with E-state index in [1.54, 1.807) is 0 Å². The smallest absolute Gasteiger partial charge is 0.0985 e. The lowest BCUT2D eigenvalue weighted by atomic mass is 10.1. The molecule has 0 N–H and O–H groups in total. The van der Waals surface area contributed by atoms with Gasteiger partial charge in [-0.15, -0.1) is 0 Å². The van der Waals surface area contributed by atoms with E-state index < -0.39 is 8.07 Å². The van der Waals surface area contributed by atoms with E-state index in [2.05, 4.69) is 99.0 Å². The van der Waals surface area contributed by atoms with Gasteiger partial charge in [0.1, 0.15) is 8.07 Å². The predicted molar refractivity (Wildman–Crippen MR) is 125 cm³/mol. The van der Waals surface area contributed by atoms with Crippen LogP contribution >= 0.6 is 0 Å². The summed E-state index contributed by atoms with van der Waals surface area (Å²) in [5.41, 5.74) is 2.49. The Hall–Kier alpha value is -2.90. The van der Waals surface area contributed by atoms with Gasteiger partial charge in [-0.25, -0.2) is 0 Å². The minimum Gasteiger partial charge on any atom is -0.0985 e. The minimum atomic E-state index is -2.06. The van der Waals surface area contributed by atoms with E-state index in [0.717, 1.165) is 0 Å². The molecule has 27 heavy (non-hydrogen) atoms. The van der Waals surface area contributed by atoms with Crippen LogP contribution in [0.25, 0.3) is 33.7 Å². The Kier molecular flexibility index (Phi) is 4.33. The van der Waals surface area contributed by atoms with Crippen LogP contribution in [0, 0.1) is 0 Å². The molecule has 0 spiro atoms. The average molecular weight is 365 g/mol. The van der Waals surface area contributed by atoms with E-state index in [1.807, 2.05) is 12.2 Å². The highest BCUT2D eigenvalue weighted by molar-refractivity contribution is 7.03. The van der Waals surface area contributed by atoms with Gasteiger partial charge >= 0.3 is 0 Å². The third-order valence-electron chi connectivity index (χ3n) is 5.61. The van der Waals surface area contributed by atoms with Gasteiger partial charge in [-0.3, -0.25) is 0 Å². The SMILES string of the molecule is C=Cc1ccc2ccccc2c1[Si](C)(C)c1c(C=C)ccc2ccccc12. The molecule has 0 aliphatic carbocycles. The van der Waals surface area contributed by atoms with Crippen LogP contribution in [-0.4, -0.2) is 8.07 Å². The summed E-state index contributed by atoms with van der Waals surface area (Å²) < 4.78 is 0. The molecule has 4 rings (SSSR count). The Labute approximate surface area is 162 Å². The fourth-order valence-corrected chi connectivity index (χ4v) is 8.30. The molecular weight excluding hydrogens is 340 g/mol. The van der Waals surface area contributed by atoms with Crippen molar-refractivity contribution in [3.8, 4) is 0 Å². The molecule has 0 atom stereocenters. The first-order valence-electron chi connectivity index (χ1n) is 9.37. The molecular formula is C26H24Si. The summed E-state index contributed by atoms with van der Waals surface area (Å²) in [6, 6.07) is 26.3. The monoisotopic (exact) mass is 364 g/mol. The van der Waals surface area contributed by atoms with Crippen molar-refractivity contribution in [1.29, 1.82) is 0 Å². The summed E-state index contributed by atoms with van der Waals surface area (Å²) >= 11 is 0. The first-order chi connectivity index (χ1) is 13.1. The Morgan fingerprint density at radius 1 is 0.593 bits per heavy atom. The maximum atomic E-state index is 4.11. The van der Waals surface area contributed by atoms with Crippen molar-refractivity contribution >= 4 is 52.1 Å². The van der Waals surface area contributed by atoms with Crippen molar-refractivity contribution in [1.82, 2.24) is 0 Å². The van der Waals surface area contributed by atoms with Crippen molar-refractivity contribution < 1.29 is 0 Å². The molecule has 0 aliphatic rings. The van der Waals surface area contributed by atoms with Crippen LogP contribution in [0.5, 0.6) is 0 Å². The maximum absolute atomic E-state index is 4.11. The molecule has 0 aliphatic heterocycles. The summed E-state index contributed by atoms with van der Waals surface area (Å²) in [4.78, 5) is 0. The van der Waals surface area contributed by atoms with Gasteiger partial charge in [-0.2, -0.15) is 0 Å². The molecule has 0 unspecified atom stereocenters. The van der Waals surface area contributed by atoms with E-state index in [4.69, 9.17) is 0 Å². The van der Waals surface area contributed by atoms with E-state index >= 15 is 0 Å². The summed E-state index contributed by atoms with van der Waals surface area (Å²) in [6.07, 6.45) is 4.02. The Morgan fingerprint density at radius 3 is 1.41 bits per heavy atom. The average Bonchev–Trinajstić information content (AvgIpc) is 2.71. The zero-order chi connectivity index (χ0) is 19.0. The zero-order valence-electron chi connectivity index (χ0n) is 16.0. The lowest BCUT2D eigenvalue weighted by Crippen LogP contribution is -2.55. The first-order valence-corrected chi connectivity index (χ1v) is 12.4. The third kappa shape index (κ3) is 2.75. The molecule has 4 aromatic rings. The van der Waals surface area contributed by atoms with Crippen LogP contribution in [0.15, 0.2) is 86.0 Å². The molecule has 0 heterocycles. The van der Waals surface area contributed by atoms with Gasteiger partial charge in [0.25, 0.3) is 0 Å². The van der Waals surface area contributed by atoms with Crippen molar-refractivity contribution in [3.05, 3.63) is 97.1 Å². The van der Waals surface area contributed by atoms with Gasteiger partial charge in [0.15, 0.2) is 0 Å². The number of hydrogen-bond donors (Lipinski definition) is 0. The number of hydrogen-bond acceptors (Lipinski definition) is 0. The largest absolute Gasteiger partial charge is 0.115 e. The topological polar surface area (TPSA) is 0 Å². The summed E-state index contributed by atoms with van der Waals surface area (Å²) in [5, 5.41) is 8.17. The molecule has 0 saturated heterocycles. The maximum Gasteiger partial charge on any atom is 0.115 e. The second kappa shape index (κ2) is 6.68. The highest BCUT2D eigenvalue weighted by Gasteiger charge is 2.33. The third-order valence-corrected chi connectivity index (χ3v) is 9.23. The number of rotatable bonds is 4. The van der Waals surface area contributed by atoms with Crippen LogP contribution in [-0.2, 0) is 0 Å². The van der Waals surface area contributed by atoms with Crippen molar-refractivity contribution in [2.24, 2.45) is 0 Å². The van der Waals surface area contributed by atoms with Gasteiger partial charge in [-0.05, 0) is 43.0 Å². The van der Waals surface area contributed by atoms with Crippen LogP contribution < -0.4 is 10.4 Å². The van der Waals surface area contributed by atoms with Crippen molar-refractivity contribution in [2.75, 3.05) is 0 Å². The van der Waals surface area contributed by atoms with Crippen LogP contribution in [0.2, 0.25) is 13.1 Å². The van der Waals surface area contributed by atoms with Crippen LogP contribution in [0.4, 0.5) is 0 Å². The Morgan fingerprint density at radius 2 is 1.00 bits per heavy atom. The highest BCUT2D eigenvalue weighted by Crippen LogP contribution is 2.24. The van der Waals surface area contributed by atoms with E-state index in [9.17, 15) is 0 Å². The molecule has 0 fully saturated rings. The number of fused-ring (bicyclic) bond motifs is 2. The fraction of sp³-hybridized carbons (Fsp3) is 0.0769. The lowest BCUT2D eigenvalue weighted by molar-refractivity contribution is 1.67. The molecule has 1 heteroatoms. The van der Waals surface area contributed by atoms with Crippen molar-refractivity contribution in [2.45, 2.75) is 13.1 Å². The van der Waals surface area contributed by atoms with E-state index in [0.29, 0.717) is 0 Å². The van der Waals surface area contributed by atoms with E-state index in [1.165, 1.54) is 43.0 Å². The summed E-state index contributed by atoms with van der Waals surface area (Å²) in [7, 11) is -2.06. The molecule has 0 radical (unpaired) electrons. The fourth-order valence-electron chi connectivity index (χ4n) is 4.44. The van der Waals surface area contributed by atoms with Gasteiger partial charge in [0.05, 0.1) is 0 Å². The molecule has 0 aromatic heterocycles. The van der Waals surface area contributed by atoms with Gasteiger partial charge in [-0.1, -0.05) is 111 Å². The molecule has 0 nitrogen and oxygen atoms in total. The van der Waals surface area contributed by atoms with E-state index in [-0.39, 0.29) is 0 Å². The molecule has 132 valence electrons. The quantitative estimate of drug-likeness (QED) is 0.384. The second-order valence-electron chi connectivity index (χ2n) is 7.54. The Bertz CT molecular complexity index is 1090. The Balaban J connectivity index is 2.15. The first kappa shape index (κ1) is 17.5. The molecule has 0 saturated carbocycles. The van der Waals surface area contributed by atoms with Crippen molar-refractivity contribution in [3.63, 3.8) is 0 Å². The van der Waals surface area contributed by atoms with Gasteiger partial charge in [0.2, 0.25) is 0 Å². The zero-order valence-corrected chi connectivity index (χ0v) is 17.0. The van der Waals surface area contributed by atoms with Crippen LogP contribution in [0.3, 0.4) is 0 Å². The minimum absolute atomic E-state index is 1.24. The summed E-state index contributed by atoms with van der Waals surface area (Å²) in [5.74, 6) is 0. The summed E-state index contributed by atoms with van der Waals surface area (Å²) in [6.45, 7) is 13.1. The number of benzene rings is 4. The van der Waals surface area contributed by atoms with Crippen LogP contribution in [0.1, 0.15) is 11.1 Å². The normalized spacial score (nSPS) is 11.6. The van der Waals surface area contributed by atoms with Gasteiger partial charge < -0.3 is 0 Å². The predicted octanol–water partition coefficient (Wildman–Crippen LogP) is 6.10.